The fourth-order valence-corrected chi connectivity index (χ4v) is 3.90. The number of hydrogen-bond donors (Lipinski definition) is 0. The molecule has 100 valence electrons. The maximum absolute atomic E-state index is 12.4. The number of aromatic nitrogens is 1. The Balaban J connectivity index is 2.34. The van der Waals surface area contributed by atoms with E-state index in [2.05, 4.69) is 18.8 Å². The van der Waals surface area contributed by atoms with Gasteiger partial charge in [-0.3, -0.25) is 0 Å². The topological polar surface area (TPSA) is 50.3 Å². The first-order valence-corrected chi connectivity index (χ1v) is 7.73. The molecule has 0 atom stereocenters. The van der Waals surface area contributed by atoms with Crippen molar-refractivity contribution in [3.63, 3.8) is 0 Å². The number of sulfonamides is 1. The summed E-state index contributed by atoms with van der Waals surface area (Å²) in [6, 6.07) is 1.34. The summed E-state index contributed by atoms with van der Waals surface area (Å²) in [5.74, 6) is 0. The van der Waals surface area contributed by atoms with Gasteiger partial charge in [-0.1, -0.05) is 37.0 Å². The predicted octanol–water partition coefficient (Wildman–Crippen LogP) is 2.81. The Kier molecular flexibility index (Phi) is 3.62. The first-order valence-electron chi connectivity index (χ1n) is 5.54. The number of pyridine rings is 1. The Bertz CT molecular complexity index is 572. The molecule has 0 spiro atoms. The second-order valence-corrected chi connectivity index (χ2v) is 7.90. The zero-order valence-electron chi connectivity index (χ0n) is 10.2. The summed E-state index contributed by atoms with van der Waals surface area (Å²) in [7, 11) is -3.52. The molecule has 0 N–H and O–H groups in total. The van der Waals surface area contributed by atoms with Crippen molar-refractivity contribution in [2.75, 3.05) is 13.1 Å². The molecule has 0 amide bonds. The van der Waals surface area contributed by atoms with Gasteiger partial charge in [-0.05, 0) is 17.9 Å². The Hall–Kier alpha value is -0.360. The monoisotopic (exact) mass is 308 g/mol. The highest BCUT2D eigenvalue weighted by molar-refractivity contribution is 7.89. The molecule has 0 radical (unpaired) electrons. The van der Waals surface area contributed by atoms with Crippen LogP contribution in [0.2, 0.25) is 10.2 Å². The highest BCUT2D eigenvalue weighted by Gasteiger charge is 2.37. The number of rotatable bonds is 2. The van der Waals surface area contributed by atoms with Crippen LogP contribution in [-0.4, -0.2) is 30.8 Å². The molecule has 18 heavy (non-hydrogen) atoms. The maximum atomic E-state index is 12.4. The van der Waals surface area contributed by atoms with Crippen LogP contribution in [0.15, 0.2) is 17.2 Å². The second-order valence-electron chi connectivity index (χ2n) is 5.20. The molecule has 1 fully saturated rings. The third kappa shape index (κ3) is 2.64. The van der Waals surface area contributed by atoms with Crippen molar-refractivity contribution >= 4 is 33.2 Å². The molecule has 0 aliphatic carbocycles. The van der Waals surface area contributed by atoms with Crippen LogP contribution in [0.25, 0.3) is 0 Å². The van der Waals surface area contributed by atoms with Gasteiger partial charge in [-0.2, -0.15) is 4.31 Å². The summed E-state index contributed by atoms with van der Waals surface area (Å²) < 4.78 is 26.2. The van der Waals surface area contributed by atoms with Gasteiger partial charge >= 0.3 is 0 Å². The van der Waals surface area contributed by atoms with Gasteiger partial charge in [-0.25, -0.2) is 13.4 Å². The van der Waals surface area contributed by atoms with E-state index in [1.54, 1.807) is 0 Å². The highest BCUT2D eigenvalue weighted by atomic mass is 35.5. The molecule has 1 saturated heterocycles. The average molecular weight is 309 g/mol. The van der Waals surface area contributed by atoms with Crippen molar-refractivity contribution in [3.8, 4) is 0 Å². The minimum absolute atomic E-state index is 0.0106. The Morgan fingerprint density at radius 1 is 1.39 bits per heavy atom. The molecule has 0 saturated carbocycles. The van der Waals surface area contributed by atoms with E-state index in [9.17, 15) is 8.42 Å². The molecule has 1 aromatic rings. The van der Waals surface area contributed by atoms with Crippen molar-refractivity contribution in [1.29, 1.82) is 0 Å². The van der Waals surface area contributed by atoms with E-state index >= 15 is 0 Å². The molecule has 7 heteroatoms. The summed E-state index contributed by atoms with van der Waals surface area (Å²) in [6.07, 6.45) is 2.09. The average Bonchev–Trinajstić information content (AvgIpc) is 2.63. The first-order chi connectivity index (χ1) is 8.22. The van der Waals surface area contributed by atoms with E-state index in [-0.39, 0.29) is 20.5 Å². The van der Waals surface area contributed by atoms with E-state index < -0.39 is 10.0 Å². The normalized spacial score (nSPS) is 20.2. The van der Waals surface area contributed by atoms with Crippen LogP contribution in [0.1, 0.15) is 20.3 Å². The minimum Gasteiger partial charge on any atom is -0.242 e. The number of nitrogens with zero attached hydrogens (tertiary/aromatic N) is 2. The van der Waals surface area contributed by atoms with E-state index in [1.165, 1.54) is 16.6 Å². The number of hydrogen-bond acceptors (Lipinski definition) is 3. The highest BCUT2D eigenvalue weighted by Crippen LogP contribution is 2.33. The van der Waals surface area contributed by atoms with E-state index in [0.717, 1.165) is 6.42 Å². The SMILES string of the molecule is CC1(C)CCN(S(=O)(=O)c2cnc(Cl)c(Cl)c2)C1. The van der Waals surface area contributed by atoms with Crippen LogP contribution in [0.5, 0.6) is 0 Å². The van der Waals surface area contributed by atoms with Crippen LogP contribution in [-0.2, 0) is 10.0 Å². The molecular weight excluding hydrogens is 295 g/mol. The van der Waals surface area contributed by atoms with Gasteiger partial charge in [0.05, 0.1) is 5.02 Å². The van der Waals surface area contributed by atoms with Gasteiger partial charge in [0.25, 0.3) is 0 Å². The lowest BCUT2D eigenvalue weighted by atomic mass is 9.93. The van der Waals surface area contributed by atoms with Gasteiger partial charge in [-0.15, -0.1) is 0 Å². The lowest BCUT2D eigenvalue weighted by molar-refractivity contribution is 0.375. The van der Waals surface area contributed by atoms with Crippen LogP contribution < -0.4 is 0 Å². The fourth-order valence-electron chi connectivity index (χ4n) is 1.96. The smallest absolute Gasteiger partial charge is 0.242 e. The molecule has 4 nitrogen and oxygen atoms in total. The predicted molar refractivity (Wildman–Crippen MR) is 71.4 cm³/mol. The van der Waals surface area contributed by atoms with Crippen LogP contribution in [0.3, 0.4) is 0 Å². The minimum atomic E-state index is -3.52. The fraction of sp³-hybridized carbons (Fsp3) is 0.545. The van der Waals surface area contributed by atoms with Gasteiger partial charge in [0.15, 0.2) is 0 Å². The van der Waals surface area contributed by atoms with Gasteiger partial charge in [0.2, 0.25) is 10.0 Å². The largest absolute Gasteiger partial charge is 0.244 e. The molecule has 1 aromatic heterocycles. The van der Waals surface area contributed by atoms with Crippen molar-refractivity contribution in [1.82, 2.24) is 9.29 Å². The Labute approximate surface area is 117 Å². The lowest BCUT2D eigenvalue weighted by Crippen LogP contribution is -2.30. The van der Waals surface area contributed by atoms with E-state index in [4.69, 9.17) is 23.2 Å². The molecule has 1 aliphatic heterocycles. The molecule has 1 aliphatic rings. The first kappa shape index (κ1) is 14.1. The quantitative estimate of drug-likeness (QED) is 0.789. The molecule has 0 unspecified atom stereocenters. The molecular formula is C11H14Cl2N2O2S. The molecule has 0 bridgehead atoms. The Morgan fingerprint density at radius 2 is 2.06 bits per heavy atom. The van der Waals surface area contributed by atoms with Crippen molar-refractivity contribution in [3.05, 3.63) is 22.4 Å². The van der Waals surface area contributed by atoms with Crippen molar-refractivity contribution < 1.29 is 8.42 Å². The third-order valence-electron chi connectivity index (χ3n) is 3.05. The van der Waals surface area contributed by atoms with Crippen LogP contribution >= 0.6 is 23.2 Å². The molecule has 0 aromatic carbocycles. The van der Waals surface area contributed by atoms with Gasteiger partial charge in [0.1, 0.15) is 10.0 Å². The van der Waals surface area contributed by atoms with Crippen LogP contribution in [0, 0.1) is 5.41 Å². The van der Waals surface area contributed by atoms with Crippen LogP contribution in [0.4, 0.5) is 0 Å². The summed E-state index contributed by atoms with van der Waals surface area (Å²) >= 11 is 11.5. The third-order valence-corrected chi connectivity index (χ3v) is 5.55. The Morgan fingerprint density at radius 3 is 2.56 bits per heavy atom. The molecule has 2 rings (SSSR count). The van der Waals surface area contributed by atoms with E-state index in [1.807, 2.05) is 0 Å². The zero-order valence-corrected chi connectivity index (χ0v) is 12.5. The van der Waals surface area contributed by atoms with Gasteiger partial charge < -0.3 is 0 Å². The molecule has 2 heterocycles. The van der Waals surface area contributed by atoms with Gasteiger partial charge in [0, 0.05) is 19.3 Å². The second kappa shape index (κ2) is 4.63. The maximum Gasteiger partial charge on any atom is 0.244 e. The summed E-state index contributed by atoms with van der Waals surface area (Å²) in [5, 5.41) is 0.258. The lowest BCUT2D eigenvalue weighted by Gasteiger charge is -2.19. The zero-order chi connectivity index (χ0) is 13.6. The summed E-state index contributed by atoms with van der Waals surface area (Å²) in [6.45, 7) is 5.14. The van der Waals surface area contributed by atoms with E-state index in [0.29, 0.717) is 13.1 Å². The standard InChI is InChI=1S/C11H14Cl2N2O2S/c1-11(2)3-4-15(7-11)18(16,17)8-5-9(12)10(13)14-6-8/h5-6H,3-4,7H2,1-2H3. The summed E-state index contributed by atoms with van der Waals surface area (Å²) in [5.41, 5.74) is 0.0106. The van der Waals surface area contributed by atoms with Crippen molar-refractivity contribution in [2.24, 2.45) is 5.41 Å². The summed E-state index contributed by atoms with van der Waals surface area (Å²) in [4.78, 5) is 3.87. The van der Waals surface area contributed by atoms with Crippen molar-refractivity contribution in [2.45, 2.75) is 25.2 Å². The number of halogens is 2.